The molecule has 3 heterocycles. The number of hydrogen-bond donors (Lipinski definition) is 0. The van der Waals surface area contributed by atoms with Crippen LogP contribution < -0.4 is 0 Å². The summed E-state index contributed by atoms with van der Waals surface area (Å²) in [6.45, 7) is 3.20. The minimum atomic E-state index is 0.455. The second-order valence-corrected chi connectivity index (χ2v) is 7.77. The number of ether oxygens (including phenoxy) is 1. The number of rotatable bonds is 6. The molecule has 148 valence electrons. The summed E-state index contributed by atoms with van der Waals surface area (Å²) in [4.78, 5) is 2.36. The molecule has 4 aromatic rings. The van der Waals surface area contributed by atoms with E-state index in [9.17, 15) is 0 Å². The Bertz CT molecular complexity index is 1060. The number of hydrogen-bond acceptors (Lipinski definition) is 4. The Kier molecular flexibility index (Phi) is 4.92. The van der Waals surface area contributed by atoms with Crippen LogP contribution in [0.1, 0.15) is 17.5 Å². The van der Waals surface area contributed by atoms with Gasteiger partial charge in [0, 0.05) is 36.3 Å². The molecule has 2 aromatic carbocycles. The predicted octanol–water partition coefficient (Wildman–Crippen LogP) is 4.57. The topological polar surface area (TPSA) is 43.4 Å². The molecule has 1 unspecified atom stereocenters. The van der Waals surface area contributed by atoms with Crippen molar-refractivity contribution in [2.75, 3.05) is 20.3 Å². The van der Waals surface area contributed by atoms with Crippen LogP contribution in [0.3, 0.4) is 0 Å². The van der Waals surface area contributed by atoms with Gasteiger partial charge in [0.15, 0.2) is 5.76 Å². The molecule has 1 aliphatic heterocycles. The first-order valence-electron chi connectivity index (χ1n) is 10.1. The SMILES string of the molecule is CN(Cc1cn(Cc2ccccc2)nc1-c1cc2ccccc2o1)C1CCOC1. The summed E-state index contributed by atoms with van der Waals surface area (Å²) in [6, 6.07) is 21.1. The first kappa shape index (κ1) is 18.2. The number of benzene rings is 2. The molecule has 0 aliphatic carbocycles. The minimum Gasteiger partial charge on any atom is -0.454 e. The molecule has 5 rings (SSSR count). The Balaban J connectivity index is 1.49. The van der Waals surface area contributed by atoms with Gasteiger partial charge in [0.2, 0.25) is 0 Å². The van der Waals surface area contributed by atoms with E-state index < -0.39 is 0 Å². The van der Waals surface area contributed by atoms with Crippen molar-refractivity contribution in [1.82, 2.24) is 14.7 Å². The highest BCUT2D eigenvalue weighted by Crippen LogP contribution is 2.30. The zero-order chi connectivity index (χ0) is 19.6. The van der Waals surface area contributed by atoms with Crippen molar-refractivity contribution >= 4 is 11.0 Å². The van der Waals surface area contributed by atoms with Gasteiger partial charge < -0.3 is 9.15 Å². The number of fused-ring (bicyclic) bond motifs is 1. The average Bonchev–Trinajstić information content (AvgIpc) is 3.48. The number of likely N-dealkylation sites (N-methyl/N-ethyl adjacent to an activating group) is 1. The summed E-state index contributed by atoms with van der Waals surface area (Å²) in [5.74, 6) is 0.823. The fraction of sp³-hybridized carbons (Fsp3) is 0.292. The Morgan fingerprint density at radius 3 is 2.72 bits per heavy atom. The van der Waals surface area contributed by atoms with Crippen LogP contribution in [0.15, 0.2) is 71.3 Å². The van der Waals surface area contributed by atoms with Crippen molar-refractivity contribution in [3.05, 3.63) is 78.0 Å². The molecule has 0 amide bonds. The predicted molar refractivity (Wildman–Crippen MR) is 114 cm³/mol. The zero-order valence-corrected chi connectivity index (χ0v) is 16.6. The summed E-state index contributed by atoms with van der Waals surface area (Å²) < 4.78 is 13.7. The molecular weight excluding hydrogens is 362 g/mol. The summed E-state index contributed by atoms with van der Waals surface area (Å²) in [5, 5.41) is 6.02. The van der Waals surface area contributed by atoms with Gasteiger partial charge in [0.1, 0.15) is 11.3 Å². The summed E-state index contributed by atoms with van der Waals surface area (Å²) >= 11 is 0. The first-order valence-corrected chi connectivity index (χ1v) is 10.1. The van der Waals surface area contributed by atoms with Crippen molar-refractivity contribution in [2.45, 2.75) is 25.6 Å². The molecular formula is C24H25N3O2. The number of nitrogens with zero attached hydrogens (tertiary/aromatic N) is 3. The Labute approximate surface area is 170 Å². The Morgan fingerprint density at radius 2 is 1.93 bits per heavy atom. The zero-order valence-electron chi connectivity index (χ0n) is 16.6. The van der Waals surface area contributed by atoms with Gasteiger partial charge in [-0.3, -0.25) is 9.58 Å². The molecule has 1 saturated heterocycles. The van der Waals surface area contributed by atoms with Gasteiger partial charge in [-0.25, -0.2) is 0 Å². The van der Waals surface area contributed by atoms with Gasteiger partial charge in [-0.15, -0.1) is 0 Å². The van der Waals surface area contributed by atoms with E-state index in [1.807, 2.05) is 28.9 Å². The molecule has 29 heavy (non-hydrogen) atoms. The van der Waals surface area contributed by atoms with E-state index in [-0.39, 0.29) is 0 Å². The second-order valence-electron chi connectivity index (χ2n) is 7.77. The van der Waals surface area contributed by atoms with Crippen LogP contribution in [-0.4, -0.2) is 41.0 Å². The van der Waals surface area contributed by atoms with Crippen molar-refractivity contribution in [2.24, 2.45) is 0 Å². The van der Waals surface area contributed by atoms with E-state index in [1.165, 1.54) is 11.1 Å². The van der Waals surface area contributed by atoms with Gasteiger partial charge >= 0.3 is 0 Å². The summed E-state index contributed by atoms with van der Waals surface area (Å²) in [5.41, 5.74) is 4.22. The third-order valence-corrected chi connectivity index (χ3v) is 5.63. The number of furan rings is 1. The van der Waals surface area contributed by atoms with Crippen LogP contribution in [0.25, 0.3) is 22.4 Å². The van der Waals surface area contributed by atoms with Crippen LogP contribution >= 0.6 is 0 Å². The van der Waals surface area contributed by atoms with Crippen LogP contribution in [0, 0.1) is 0 Å². The lowest BCUT2D eigenvalue weighted by Crippen LogP contribution is -2.31. The smallest absolute Gasteiger partial charge is 0.156 e. The second kappa shape index (κ2) is 7.85. The lowest BCUT2D eigenvalue weighted by Gasteiger charge is -2.22. The quantitative estimate of drug-likeness (QED) is 0.486. The van der Waals surface area contributed by atoms with E-state index in [0.717, 1.165) is 55.1 Å². The molecule has 0 bridgehead atoms. The van der Waals surface area contributed by atoms with Crippen molar-refractivity contribution in [3.8, 4) is 11.5 Å². The molecule has 1 atom stereocenters. The number of aromatic nitrogens is 2. The highest BCUT2D eigenvalue weighted by Gasteiger charge is 2.23. The molecule has 0 saturated carbocycles. The normalized spacial score (nSPS) is 16.8. The van der Waals surface area contributed by atoms with Crippen LogP contribution in [-0.2, 0) is 17.8 Å². The maximum Gasteiger partial charge on any atom is 0.156 e. The Hall–Kier alpha value is -2.89. The molecule has 1 fully saturated rings. The lowest BCUT2D eigenvalue weighted by atomic mass is 10.1. The highest BCUT2D eigenvalue weighted by molar-refractivity contribution is 5.82. The molecule has 1 aliphatic rings. The van der Waals surface area contributed by atoms with Gasteiger partial charge in [-0.05, 0) is 31.2 Å². The van der Waals surface area contributed by atoms with Crippen molar-refractivity contribution in [1.29, 1.82) is 0 Å². The van der Waals surface area contributed by atoms with Crippen molar-refractivity contribution < 1.29 is 9.15 Å². The van der Waals surface area contributed by atoms with Gasteiger partial charge in [-0.2, -0.15) is 5.10 Å². The summed E-state index contributed by atoms with van der Waals surface area (Å²) in [6.07, 6.45) is 3.23. The fourth-order valence-electron chi connectivity index (χ4n) is 4.00. The fourth-order valence-corrected chi connectivity index (χ4v) is 4.00. The van der Waals surface area contributed by atoms with Crippen LogP contribution in [0.4, 0.5) is 0 Å². The average molecular weight is 387 g/mol. The molecule has 5 heteroatoms. The standard InChI is InChI=1S/C24H25N3O2/c1-26(21-11-12-28-17-21)15-20-16-27(14-18-7-3-2-4-8-18)25-24(20)23-13-19-9-5-6-10-22(19)29-23/h2-10,13,16,21H,11-12,14-15,17H2,1H3. The minimum absolute atomic E-state index is 0.455. The van der Waals surface area contributed by atoms with Gasteiger partial charge in [-0.1, -0.05) is 48.5 Å². The van der Waals surface area contributed by atoms with Gasteiger partial charge in [0.25, 0.3) is 0 Å². The number of para-hydroxylation sites is 1. The molecule has 0 N–H and O–H groups in total. The van der Waals surface area contributed by atoms with Crippen molar-refractivity contribution in [3.63, 3.8) is 0 Å². The van der Waals surface area contributed by atoms with E-state index in [0.29, 0.717) is 6.04 Å². The maximum absolute atomic E-state index is 6.15. The molecule has 2 aromatic heterocycles. The molecule has 0 radical (unpaired) electrons. The molecule has 5 nitrogen and oxygen atoms in total. The van der Waals surface area contributed by atoms with E-state index in [4.69, 9.17) is 14.3 Å². The van der Waals surface area contributed by atoms with E-state index in [2.05, 4.69) is 54.5 Å². The first-order chi connectivity index (χ1) is 14.3. The molecule has 0 spiro atoms. The largest absolute Gasteiger partial charge is 0.454 e. The Morgan fingerprint density at radius 1 is 1.10 bits per heavy atom. The lowest BCUT2D eigenvalue weighted by molar-refractivity contribution is 0.156. The van der Waals surface area contributed by atoms with E-state index in [1.54, 1.807) is 0 Å². The third-order valence-electron chi connectivity index (χ3n) is 5.63. The monoisotopic (exact) mass is 387 g/mol. The maximum atomic E-state index is 6.15. The van der Waals surface area contributed by atoms with Gasteiger partial charge in [0.05, 0.1) is 13.2 Å². The van der Waals surface area contributed by atoms with E-state index >= 15 is 0 Å². The van der Waals surface area contributed by atoms with Crippen LogP contribution in [0.2, 0.25) is 0 Å². The summed E-state index contributed by atoms with van der Waals surface area (Å²) in [7, 11) is 2.16. The highest BCUT2D eigenvalue weighted by atomic mass is 16.5. The third kappa shape index (κ3) is 3.84. The van der Waals surface area contributed by atoms with Crippen LogP contribution in [0.5, 0.6) is 0 Å².